The summed E-state index contributed by atoms with van der Waals surface area (Å²) in [6.07, 6.45) is 1.46. The van der Waals surface area contributed by atoms with E-state index in [1.807, 2.05) is 6.92 Å². The average Bonchev–Trinajstić information content (AvgIpc) is 2.43. The van der Waals surface area contributed by atoms with Gasteiger partial charge in [-0.25, -0.2) is 8.42 Å². The molecule has 0 unspecified atom stereocenters. The summed E-state index contributed by atoms with van der Waals surface area (Å²) in [5.74, 6) is 0.116. The minimum Gasteiger partial charge on any atom is -0.409 e. The van der Waals surface area contributed by atoms with E-state index < -0.39 is 10.0 Å². The van der Waals surface area contributed by atoms with Gasteiger partial charge in [-0.3, -0.25) is 4.31 Å². The summed E-state index contributed by atoms with van der Waals surface area (Å²) in [6.45, 7) is 1.95. The van der Waals surface area contributed by atoms with Gasteiger partial charge in [0.1, 0.15) is 0 Å². The van der Waals surface area contributed by atoms with Crippen LogP contribution in [-0.2, 0) is 10.0 Å². The van der Waals surface area contributed by atoms with Gasteiger partial charge in [0.05, 0.1) is 11.4 Å². The van der Waals surface area contributed by atoms with Gasteiger partial charge in [-0.05, 0) is 30.7 Å². The Kier molecular flexibility index (Phi) is 5.17. The molecule has 0 amide bonds. The van der Waals surface area contributed by atoms with Crippen molar-refractivity contribution in [2.75, 3.05) is 17.1 Å². The van der Waals surface area contributed by atoms with E-state index >= 15 is 0 Å². The van der Waals surface area contributed by atoms with E-state index in [1.165, 1.54) is 11.4 Å². The van der Waals surface area contributed by atoms with Gasteiger partial charge in [-0.15, -0.1) is 0 Å². The molecule has 0 fully saturated rings. The van der Waals surface area contributed by atoms with Crippen LogP contribution in [0.5, 0.6) is 0 Å². The van der Waals surface area contributed by atoms with Crippen molar-refractivity contribution in [2.24, 2.45) is 10.9 Å². The Morgan fingerprint density at radius 2 is 1.95 bits per heavy atom. The predicted molar refractivity (Wildman–Crippen MR) is 76.1 cm³/mol. The van der Waals surface area contributed by atoms with Crippen LogP contribution in [-0.4, -0.2) is 32.3 Å². The first-order chi connectivity index (χ1) is 8.92. The fourth-order valence-corrected chi connectivity index (χ4v) is 2.89. The van der Waals surface area contributed by atoms with Crippen LogP contribution >= 0.6 is 0 Å². The quantitative estimate of drug-likeness (QED) is 0.357. The summed E-state index contributed by atoms with van der Waals surface area (Å²) in [6, 6.07) is 6.46. The maximum Gasteiger partial charge on any atom is 0.234 e. The molecular formula is C12H19N3O3S. The average molecular weight is 285 g/mol. The first-order valence-corrected chi connectivity index (χ1v) is 7.58. The number of rotatable bonds is 6. The van der Waals surface area contributed by atoms with Crippen molar-refractivity contribution in [3.8, 4) is 0 Å². The van der Waals surface area contributed by atoms with E-state index in [-0.39, 0.29) is 11.6 Å². The number of nitrogens with zero attached hydrogens (tertiary/aromatic N) is 2. The second kappa shape index (κ2) is 6.42. The van der Waals surface area contributed by atoms with Crippen LogP contribution in [0.25, 0.3) is 0 Å². The largest absolute Gasteiger partial charge is 0.409 e. The SMILES string of the molecule is CCCCS(=O)(=O)N(C)c1ccc(C(N)=NO)cc1. The molecule has 0 radical (unpaired) electrons. The molecular weight excluding hydrogens is 266 g/mol. The maximum atomic E-state index is 12.0. The van der Waals surface area contributed by atoms with Crippen molar-refractivity contribution in [3.63, 3.8) is 0 Å². The zero-order valence-corrected chi connectivity index (χ0v) is 11.9. The molecule has 106 valence electrons. The van der Waals surface area contributed by atoms with Crippen molar-refractivity contribution in [3.05, 3.63) is 29.8 Å². The molecule has 0 aliphatic carbocycles. The summed E-state index contributed by atoms with van der Waals surface area (Å²) in [7, 11) is -1.77. The Hall–Kier alpha value is -1.76. The van der Waals surface area contributed by atoms with Gasteiger partial charge < -0.3 is 10.9 Å². The van der Waals surface area contributed by atoms with Crippen LogP contribution < -0.4 is 10.0 Å². The summed E-state index contributed by atoms with van der Waals surface area (Å²) in [4.78, 5) is 0. The van der Waals surface area contributed by atoms with E-state index in [9.17, 15) is 8.42 Å². The summed E-state index contributed by atoms with van der Waals surface area (Å²) >= 11 is 0. The van der Waals surface area contributed by atoms with E-state index in [4.69, 9.17) is 10.9 Å². The van der Waals surface area contributed by atoms with E-state index in [0.717, 1.165) is 6.42 Å². The maximum absolute atomic E-state index is 12.0. The van der Waals surface area contributed by atoms with Gasteiger partial charge in [0.15, 0.2) is 5.84 Å². The van der Waals surface area contributed by atoms with Crippen LogP contribution in [0.15, 0.2) is 29.4 Å². The monoisotopic (exact) mass is 285 g/mol. The van der Waals surface area contributed by atoms with Crippen molar-refractivity contribution in [1.82, 2.24) is 0 Å². The predicted octanol–water partition coefficient (Wildman–Crippen LogP) is 1.35. The minimum absolute atomic E-state index is 0.0111. The lowest BCUT2D eigenvalue weighted by Crippen LogP contribution is -2.29. The van der Waals surface area contributed by atoms with Gasteiger partial charge >= 0.3 is 0 Å². The van der Waals surface area contributed by atoms with Gasteiger partial charge in [0.25, 0.3) is 0 Å². The number of benzene rings is 1. The molecule has 0 aliphatic heterocycles. The standard InChI is InChI=1S/C12H19N3O3S/c1-3-4-9-19(17,18)15(2)11-7-5-10(6-8-11)12(13)14-16/h5-8,16H,3-4,9H2,1-2H3,(H2,13,14). The van der Waals surface area contributed by atoms with Gasteiger partial charge in [-0.1, -0.05) is 18.5 Å². The van der Waals surface area contributed by atoms with Crippen molar-refractivity contribution in [1.29, 1.82) is 0 Å². The molecule has 19 heavy (non-hydrogen) atoms. The van der Waals surface area contributed by atoms with Crippen molar-refractivity contribution >= 4 is 21.5 Å². The van der Waals surface area contributed by atoms with Crippen LogP contribution in [0, 0.1) is 0 Å². The van der Waals surface area contributed by atoms with Gasteiger partial charge in [-0.2, -0.15) is 0 Å². The molecule has 0 spiro atoms. The van der Waals surface area contributed by atoms with E-state index in [0.29, 0.717) is 17.7 Å². The summed E-state index contributed by atoms with van der Waals surface area (Å²) in [5.41, 5.74) is 6.52. The number of hydrogen-bond acceptors (Lipinski definition) is 4. The van der Waals surface area contributed by atoms with E-state index in [2.05, 4.69) is 5.16 Å². The highest BCUT2D eigenvalue weighted by atomic mass is 32.2. The molecule has 0 atom stereocenters. The Morgan fingerprint density at radius 1 is 1.37 bits per heavy atom. The fraction of sp³-hybridized carbons (Fsp3) is 0.417. The summed E-state index contributed by atoms with van der Waals surface area (Å²) in [5, 5.41) is 11.4. The van der Waals surface area contributed by atoms with Crippen LogP contribution in [0.3, 0.4) is 0 Å². The normalized spacial score (nSPS) is 12.4. The molecule has 0 heterocycles. The smallest absolute Gasteiger partial charge is 0.234 e. The topological polar surface area (TPSA) is 96.0 Å². The van der Waals surface area contributed by atoms with Crippen LogP contribution in [0.1, 0.15) is 25.3 Å². The van der Waals surface area contributed by atoms with E-state index in [1.54, 1.807) is 24.3 Å². The lowest BCUT2D eigenvalue weighted by Gasteiger charge is -2.19. The molecule has 0 aliphatic rings. The number of oxime groups is 1. The van der Waals surface area contributed by atoms with Gasteiger partial charge in [0, 0.05) is 12.6 Å². The molecule has 6 nitrogen and oxygen atoms in total. The molecule has 3 N–H and O–H groups in total. The first-order valence-electron chi connectivity index (χ1n) is 5.97. The van der Waals surface area contributed by atoms with Crippen molar-refractivity contribution in [2.45, 2.75) is 19.8 Å². The molecule has 1 aromatic rings. The minimum atomic E-state index is -3.29. The van der Waals surface area contributed by atoms with Crippen LogP contribution in [0.4, 0.5) is 5.69 Å². The highest BCUT2D eigenvalue weighted by Crippen LogP contribution is 2.18. The molecule has 1 rings (SSSR count). The second-order valence-corrected chi connectivity index (χ2v) is 6.29. The second-order valence-electron chi connectivity index (χ2n) is 4.17. The lowest BCUT2D eigenvalue weighted by atomic mass is 10.2. The zero-order chi connectivity index (χ0) is 14.5. The number of amidine groups is 1. The Labute approximate surface area is 113 Å². The van der Waals surface area contributed by atoms with Crippen LogP contribution in [0.2, 0.25) is 0 Å². The number of unbranched alkanes of at least 4 members (excludes halogenated alkanes) is 1. The highest BCUT2D eigenvalue weighted by molar-refractivity contribution is 7.92. The number of hydrogen-bond donors (Lipinski definition) is 2. The third kappa shape index (κ3) is 3.85. The highest BCUT2D eigenvalue weighted by Gasteiger charge is 2.17. The molecule has 0 bridgehead atoms. The number of nitrogens with two attached hydrogens (primary N) is 1. The molecule has 7 heteroatoms. The molecule has 0 saturated carbocycles. The molecule has 0 aromatic heterocycles. The number of sulfonamides is 1. The Balaban J connectivity index is 2.92. The summed E-state index contributed by atoms with van der Waals surface area (Å²) < 4.78 is 25.3. The third-order valence-electron chi connectivity index (χ3n) is 2.81. The zero-order valence-electron chi connectivity index (χ0n) is 11.1. The lowest BCUT2D eigenvalue weighted by molar-refractivity contribution is 0.318. The Morgan fingerprint density at radius 3 is 2.42 bits per heavy atom. The first kappa shape index (κ1) is 15.3. The third-order valence-corrected chi connectivity index (χ3v) is 4.66. The molecule has 0 saturated heterocycles. The molecule has 1 aromatic carbocycles. The van der Waals surface area contributed by atoms with Crippen molar-refractivity contribution < 1.29 is 13.6 Å². The number of anilines is 1. The van der Waals surface area contributed by atoms with Gasteiger partial charge in [0.2, 0.25) is 10.0 Å². The Bertz CT molecular complexity index is 538. The fourth-order valence-electron chi connectivity index (χ4n) is 1.52.